The van der Waals surface area contributed by atoms with Gasteiger partial charge in [-0.25, -0.2) is 0 Å². The lowest BCUT2D eigenvalue weighted by atomic mass is 10.3. The molecule has 0 aromatic carbocycles. The van der Waals surface area contributed by atoms with Gasteiger partial charge in [0.2, 0.25) is 0 Å². The zero-order valence-electron chi connectivity index (χ0n) is 8.20. The van der Waals surface area contributed by atoms with Gasteiger partial charge in [0, 0.05) is 5.70 Å². The van der Waals surface area contributed by atoms with E-state index in [2.05, 4.69) is 13.5 Å². The Labute approximate surface area is 66.3 Å². The fourth-order valence-electron chi connectivity index (χ4n) is 0.321. The van der Waals surface area contributed by atoms with E-state index in [9.17, 15) is 0 Å². The Hall–Kier alpha value is -0.460. The van der Waals surface area contributed by atoms with E-state index in [1.165, 1.54) is 0 Å². The first-order valence-electron chi connectivity index (χ1n) is 4.20. The highest BCUT2D eigenvalue weighted by molar-refractivity contribution is 4.84. The van der Waals surface area contributed by atoms with Gasteiger partial charge in [0.1, 0.15) is 0 Å². The number of hydrogen-bond acceptors (Lipinski definition) is 1. The molecule has 0 heterocycles. The highest BCUT2D eigenvalue weighted by atomic mass is 14.5. The molecule has 0 aliphatic rings. The molecule has 0 amide bonds. The molecule has 0 saturated heterocycles. The van der Waals surface area contributed by atoms with Crippen LogP contribution in [0.25, 0.3) is 0 Å². The molecule has 0 spiro atoms. The summed E-state index contributed by atoms with van der Waals surface area (Å²) in [7, 11) is 0. The first-order valence-corrected chi connectivity index (χ1v) is 4.20. The summed E-state index contributed by atoms with van der Waals surface area (Å²) in [6.45, 7) is 13.6. The molecule has 1 heteroatoms. The Morgan fingerprint density at radius 1 is 1.20 bits per heavy atom. The number of nitrogens with two attached hydrogens (primary N) is 1. The Bertz CT molecular complexity index is 48.7. The molecule has 0 fully saturated rings. The first-order chi connectivity index (χ1) is 4.77. The fraction of sp³-hybridized carbons (Fsp3) is 0.778. The minimum atomic E-state index is 0.789. The van der Waals surface area contributed by atoms with Crippen LogP contribution in [0.1, 0.15) is 47.5 Å². The van der Waals surface area contributed by atoms with Crippen LogP contribution in [0.3, 0.4) is 0 Å². The van der Waals surface area contributed by atoms with Gasteiger partial charge in [-0.05, 0) is 6.42 Å². The van der Waals surface area contributed by atoms with Crippen molar-refractivity contribution in [2.24, 2.45) is 5.73 Å². The van der Waals surface area contributed by atoms with Crippen molar-refractivity contribution < 1.29 is 0 Å². The highest BCUT2D eigenvalue weighted by Crippen LogP contribution is 1.90. The third kappa shape index (κ3) is 50.0. The minimum absolute atomic E-state index is 0.789. The van der Waals surface area contributed by atoms with Crippen LogP contribution < -0.4 is 5.73 Å². The Morgan fingerprint density at radius 3 is 1.50 bits per heavy atom. The Balaban J connectivity index is -0.000000105. The molecule has 10 heavy (non-hydrogen) atoms. The largest absolute Gasteiger partial charge is 0.403 e. The lowest BCUT2D eigenvalue weighted by molar-refractivity contribution is 0.897. The molecule has 0 bridgehead atoms. The molecule has 0 radical (unpaired) electrons. The van der Waals surface area contributed by atoms with Crippen molar-refractivity contribution in [3.05, 3.63) is 12.3 Å². The highest BCUT2D eigenvalue weighted by Gasteiger charge is 1.76. The molecule has 0 unspecified atom stereocenters. The fourth-order valence-corrected chi connectivity index (χ4v) is 0.321. The van der Waals surface area contributed by atoms with Gasteiger partial charge in [-0.1, -0.05) is 47.6 Å². The second kappa shape index (κ2) is 23.6. The van der Waals surface area contributed by atoms with Crippen molar-refractivity contribution in [2.45, 2.75) is 47.5 Å². The number of allylic oxidation sites excluding steroid dienone is 1. The lowest BCUT2D eigenvalue weighted by Gasteiger charge is -1.88. The van der Waals surface area contributed by atoms with Crippen LogP contribution in [0.4, 0.5) is 0 Å². The standard InChI is InChI=1S/C5H11N.2C2H6/c1-3-4-5(2)6;2*1-2/h2-4,6H2,1H3;2*1-2H3. The van der Waals surface area contributed by atoms with Crippen molar-refractivity contribution >= 4 is 0 Å². The summed E-state index contributed by atoms with van der Waals surface area (Å²) < 4.78 is 0. The monoisotopic (exact) mass is 145 g/mol. The minimum Gasteiger partial charge on any atom is -0.403 e. The summed E-state index contributed by atoms with van der Waals surface area (Å²) in [4.78, 5) is 0. The SMILES string of the molecule is C=C(N)CCC.CC.CC. The molecular weight excluding hydrogens is 122 g/mol. The van der Waals surface area contributed by atoms with E-state index in [1.54, 1.807) is 0 Å². The summed E-state index contributed by atoms with van der Waals surface area (Å²) in [5.41, 5.74) is 6.00. The Morgan fingerprint density at radius 2 is 1.50 bits per heavy atom. The van der Waals surface area contributed by atoms with Crippen LogP contribution in [0, 0.1) is 0 Å². The average Bonchev–Trinajstić information content (AvgIpc) is 1.96. The van der Waals surface area contributed by atoms with Crippen molar-refractivity contribution in [3.8, 4) is 0 Å². The number of hydrogen-bond donors (Lipinski definition) is 1. The van der Waals surface area contributed by atoms with Gasteiger partial charge < -0.3 is 5.73 Å². The molecular formula is C9H23N. The van der Waals surface area contributed by atoms with E-state index >= 15 is 0 Å². The first kappa shape index (κ1) is 16.3. The van der Waals surface area contributed by atoms with Gasteiger partial charge in [0.15, 0.2) is 0 Å². The van der Waals surface area contributed by atoms with Gasteiger partial charge in [-0.15, -0.1) is 0 Å². The molecule has 0 aliphatic carbocycles. The zero-order chi connectivity index (χ0) is 8.99. The second-order valence-corrected chi connectivity index (χ2v) is 1.41. The summed E-state index contributed by atoms with van der Waals surface area (Å²) in [6, 6.07) is 0. The van der Waals surface area contributed by atoms with Crippen LogP contribution in [0.5, 0.6) is 0 Å². The summed E-state index contributed by atoms with van der Waals surface area (Å²) in [5, 5.41) is 0. The Kier molecular flexibility index (Phi) is 38.3. The molecule has 0 aromatic heterocycles. The van der Waals surface area contributed by atoms with Gasteiger partial charge in [-0.2, -0.15) is 0 Å². The van der Waals surface area contributed by atoms with E-state index in [1.807, 2.05) is 27.7 Å². The summed E-state index contributed by atoms with van der Waals surface area (Å²) in [6.07, 6.45) is 2.06. The molecule has 0 rings (SSSR count). The molecule has 64 valence electrons. The van der Waals surface area contributed by atoms with E-state index in [0.717, 1.165) is 18.5 Å². The second-order valence-electron chi connectivity index (χ2n) is 1.41. The van der Waals surface area contributed by atoms with Gasteiger partial charge in [-0.3, -0.25) is 0 Å². The third-order valence-electron chi connectivity index (χ3n) is 0.571. The van der Waals surface area contributed by atoms with Crippen LogP contribution >= 0.6 is 0 Å². The molecule has 2 N–H and O–H groups in total. The van der Waals surface area contributed by atoms with Crippen molar-refractivity contribution in [1.82, 2.24) is 0 Å². The molecule has 0 aromatic rings. The lowest BCUT2D eigenvalue weighted by Crippen LogP contribution is -1.91. The van der Waals surface area contributed by atoms with Gasteiger partial charge >= 0.3 is 0 Å². The normalized spacial score (nSPS) is 6.10. The summed E-state index contributed by atoms with van der Waals surface area (Å²) >= 11 is 0. The van der Waals surface area contributed by atoms with Crippen molar-refractivity contribution in [1.29, 1.82) is 0 Å². The van der Waals surface area contributed by atoms with E-state index in [0.29, 0.717) is 0 Å². The average molecular weight is 145 g/mol. The smallest absolute Gasteiger partial charge is 0.000733 e. The molecule has 0 atom stereocenters. The van der Waals surface area contributed by atoms with Gasteiger partial charge in [0.25, 0.3) is 0 Å². The maximum Gasteiger partial charge on any atom is 0.000733 e. The van der Waals surface area contributed by atoms with Crippen LogP contribution in [-0.2, 0) is 0 Å². The molecule has 1 nitrogen and oxygen atoms in total. The van der Waals surface area contributed by atoms with Crippen LogP contribution in [-0.4, -0.2) is 0 Å². The third-order valence-corrected chi connectivity index (χ3v) is 0.571. The zero-order valence-corrected chi connectivity index (χ0v) is 8.20. The summed E-state index contributed by atoms with van der Waals surface area (Å²) in [5.74, 6) is 0. The van der Waals surface area contributed by atoms with E-state index in [-0.39, 0.29) is 0 Å². The maximum absolute atomic E-state index is 5.21. The molecule has 0 aliphatic heterocycles. The van der Waals surface area contributed by atoms with Crippen LogP contribution in [0.15, 0.2) is 12.3 Å². The van der Waals surface area contributed by atoms with Crippen molar-refractivity contribution in [2.75, 3.05) is 0 Å². The molecule has 0 saturated carbocycles. The van der Waals surface area contributed by atoms with E-state index in [4.69, 9.17) is 5.73 Å². The van der Waals surface area contributed by atoms with Crippen molar-refractivity contribution in [3.63, 3.8) is 0 Å². The van der Waals surface area contributed by atoms with Crippen LogP contribution in [0.2, 0.25) is 0 Å². The quantitative estimate of drug-likeness (QED) is 0.634. The van der Waals surface area contributed by atoms with E-state index < -0.39 is 0 Å². The number of rotatable bonds is 2. The topological polar surface area (TPSA) is 26.0 Å². The predicted molar refractivity (Wildman–Crippen MR) is 50.9 cm³/mol. The maximum atomic E-state index is 5.21. The van der Waals surface area contributed by atoms with Gasteiger partial charge in [0.05, 0.1) is 0 Å². The predicted octanol–water partition coefficient (Wildman–Crippen LogP) is 3.31.